The zero-order valence-electron chi connectivity index (χ0n) is 8.05. The molecule has 0 aliphatic rings. The summed E-state index contributed by atoms with van der Waals surface area (Å²) in [4.78, 5) is 4.95. The highest BCUT2D eigenvalue weighted by Crippen LogP contribution is 2.11. The summed E-state index contributed by atoms with van der Waals surface area (Å²) in [6.07, 6.45) is 0. The molecule has 0 aromatic rings. The van der Waals surface area contributed by atoms with Crippen molar-refractivity contribution in [1.29, 1.82) is 0 Å². The van der Waals surface area contributed by atoms with E-state index in [1.807, 2.05) is 34.6 Å². The number of nitrogens with zero attached hydrogens (tertiary/aromatic N) is 1. The summed E-state index contributed by atoms with van der Waals surface area (Å²) in [5.74, 6) is 0.397. The average molecular weight is 160 g/mol. The Morgan fingerprint density at radius 2 is 1.82 bits per heavy atom. The van der Waals surface area contributed by atoms with E-state index in [0.717, 1.165) is 0 Å². The Bertz CT molecular complexity index is 107. The largest absolute Gasteiger partial charge is 0.271 e. The van der Waals surface area contributed by atoms with Crippen LogP contribution < -0.4 is 0 Å². The third-order valence-electron chi connectivity index (χ3n) is 1.07. The van der Waals surface area contributed by atoms with Gasteiger partial charge in [-0.25, -0.2) is 0 Å². The van der Waals surface area contributed by atoms with Crippen molar-refractivity contribution in [2.24, 2.45) is 5.92 Å². The maximum absolute atomic E-state index is 11.1. The summed E-state index contributed by atoms with van der Waals surface area (Å²) in [6, 6.07) is 0. The first kappa shape index (κ1) is 10.9. The second-order valence-corrected chi connectivity index (χ2v) is 4.12. The molecule has 0 N–H and O–H groups in total. The van der Waals surface area contributed by atoms with E-state index >= 15 is 0 Å². The van der Waals surface area contributed by atoms with Crippen LogP contribution >= 0.6 is 0 Å². The lowest BCUT2D eigenvalue weighted by atomic mass is 10.1. The SMILES string of the molecule is CC(C)CON([O])C(C)(C)C. The van der Waals surface area contributed by atoms with Crippen molar-refractivity contribution in [3.63, 3.8) is 0 Å². The van der Waals surface area contributed by atoms with Crippen molar-refractivity contribution in [2.45, 2.75) is 40.2 Å². The number of hydrogen-bond acceptors (Lipinski definition) is 2. The Hall–Kier alpha value is -0.120. The summed E-state index contributed by atoms with van der Waals surface area (Å²) >= 11 is 0. The highest BCUT2D eigenvalue weighted by molar-refractivity contribution is 4.62. The van der Waals surface area contributed by atoms with Gasteiger partial charge in [0.1, 0.15) is 0 Å². The molecule has 0 atom stereocenters. The van der Waals surface area contributed by atoms with Crippen LogP contribution in [0.25, 0.3) is 0 Å². The molecule has 0 spiro atoms. The van der Waals surface area contributed by atoms with Crippen LogP contribution in [-0.2, 0) is 10.0 Å². The fourth-order valence-electron chi connectivity index (χ4n) is 0.410. The third kappa shape index (κ3) is 5.18. The van der Waals surface area contributed by atoms with Crippen LogP contribution in [0.2, 0.25) is 0 Å². The molecule has 0 bridgehead atoms. The van der Waals surface area contributed by atoms with E-state index in [-0.39, 0.29) is 0 Å². The Labute approximate surface area is 68.9 Å². The molecular formula is C8H18NO2. The Morgan fingerprint density at radius 1 is 1.36 bits per heavy atom. The molecule has 0 aliphatic carbocycles. The lowest BCUT2D eigenvalue weighted by molar-refractivity contribution is -0.418. The van der Waals surface area contributed by atoms with E-state index in [4.69, 9.17) is 4.84 Å². The maximum atomic E-state index is 11.1. The van der Waals surface area contributed by atoms with E-state index in [9.17, 15) is 5.21 Å². The van der Waals surface area contributed by atoms with Crippen molar-refractivity contribution in [3.05, 3.63) is 0 Å². The van der Waals surface area contributed by atoms with Crippen molar-refractivity contribution < 1.29 is 10.0 Å². The van der Waals surface area contributed by atoms with Gasteiger partial charge in [0.15, 0.2) is 0 Å². The van der Waals surface area contributed by atoms with E-state index in [0.29, 0.717) is 17.8 Å². The highest BCUT2D eigenvalue weighted by atomic mass is 16.9. The molecule has 0 amide bonds. The molecule has 0 unspecified atom stereocenters. The van der Waals surface area contributed by atoms with E-state index in [1.54, 1.807) is 0 Å². The summed E-state index contributed by atoms with van der Waals surface area (Å²) in [5, 5.41) is 11.7. The Balaban J connectivity index is 3.61. The van der Waals surface area contributed by atoms with Gasteiger partial charge in [0, 0.05) is 0 Å². The first-order valence-corrected chi connectivity index (χ1v) is 3.94. The zero-order chi connectivity index (χ0) is 9.07. The molecular weight excluding hydrogens is 142 g/mol. The second-order valence-electron chi connectivity index (χ2n) is 4.12. The fraction of sp³-hybridized carbons (Fsp3) is 1.00. The van der Waals surface area contributed by atoms with Crippen LogP contribution in [0.4, 0.5) is 0 Å². The summed E-state index contributed by atoms with van der Waals surface area (Å²) in [7, 11) is 0. The number of hydroxylamine groups is 2. The van der Waals surface area contributed by atoms with Gasteiger partial charge >= 0.3 is 0 Å². The molecule has 0 aromatic carbocycles. The van der Waals surface area contributed by atoms with E-state index in [2.05, 4.69) is 0 Å². The van der Waals surface area contributed by atoms with Crippen LogP contribution in [-0.4, -0.2) is 17.4 Å². The number of hydrogen-bond donors (Lipinski definition) is 0. The topological polar surface area (TPSA) is 32.4 Å². The molecule has 0 aromatic heterocycles. The van der Waals surface area contributed by atoms with Gasteiger partial charge in [-0.2, -0.15) is 0 Å². The van der Waals surface area contributed by atoms with Crippen LogP contribution in [0.3, 0.4) is 0 Å². The van der Waals surface area contributed by atoms with Gasteiger partial charge < -0.3 is 0 Å². The van der Waals surface area contributed by atoms with E-state index < -0.39 is 5.54 Å². The van der Waals surface area contributed by atoms with Gasteiger partial charge in [-0.1, -0.05) is 19.1 Å². The lowest BCUT2D eigenvalue weighted by Crippen LogP contribution is -2.38. The molecule has 0 aliphatic heterocycles. The fourth-order valence-corrected chi connectivity index (χ4v) is 0.410. The van der Waals surface area contributed by atoms with Crippen molar-refractivity contribution >= 4 is 0 Å². The van der Waals surface area contributed by atoms with Gasteiger partial charge in [0.05, 0.1) is 12.1 Å². The quantitative estimate of drug-likeness (QED) is 0.592. The predicted octanol–water partition coefficient (Wildman–Crippen LogP) is 2.02. The van der Waals surface area contributed by atoms with Crippen LogP contribution in [0.5, 0.6) is 0 Å². The highest BCUT2D eigenvalue weighted by Gasteiger charge is 2.21. The van der Waals surface area contributed by atoms with E-state index in [1.165, 1.54) is 0 Å². The third-order valence-corrected chi connectivity index (χ3v) is 1.07. The first-order valence-electron chi connectivity index (χ1n) is 3.94. The van der Waals surface area contributed by atoms with Crippen LogP contribution in [0.15, 0.2) is 0 Å². The van der Waals surface area contributed by atoms with Crippen molar-refractivity contribution in [1.82, 2.24) is 5.23 Å². The molecule has 0 saturated heterocycles. The molecule has 11 heavy (non-hydrogen) atoms. The van der Waals surface area contributed by atoms with Crippen LogP contribution in [0.1, 0.15) is 34.6 Å². The van der Waals surface area contributed by atoms with Crippen molar-refractivity contribution in [2.75, 3.05) is 6.61 Å². The molecule has 0 fully saturated rings. The average Bonchev–Trinajstić information content (AvgIpc) is 1.80. The molecule has 3 heteroatoms. The molecule has 0 rings (SSSR count). The Morgan fingerprint density at radius 3 is 2.09 bits per heavy atom. The van der Waals surface area contributed by atoms with Gasteiger partial charge in [0.2, 0.25) is 0 Å². The van der Waals surface area contributed by atoms with Gasteiger partial charge in [-0.05, 0) is 31.9 Å². The molecule has 1 radical (unpaired) electrons. The monoisotopic (exact) mass is 160 g/mol. The number of rotatable bonds is 3. The molecule has 0 heterocycles. The smallest absolute Gasteiger partial charge is 0.0735 e. The lowest BCUT2D eigenvalue weighted by Gasteiger charge is -2.26. The minimum absolute atomic E-state index is 0.397. The van der Waals surface area contributed by atoms with Gasteiger partial charge in [-0.3, -0.25) is 4.84 Å². The summed E-state index contributed by atoms with van der Waals surface area (Å²) < 4.78 is 0. The van der Waals surface area contributed by atoms with Crippen LogP contribution in [0, 0.1) is 5.92 Å². The zero-order valence-corrected chi connectivity index (χ0v) is 8.05. The van der Waals surface area contributed by atoms with Gasteiger partial charge in [-0.15, -0.1) is 0 Å². The standard InChI is InChI=1S/C8H18NO2/c1-7(2)6-11-9(10)8(3,4)5/h7H,6H2,1-5H3. The molecule has 3 nitrogen and oxygen atoms in total. The second kappa shape index (κ2) is 4.04. The molecule has 67 valence electrons. The molecule has 0 saturated carbocycles. The summed E-state index contributed by atoms with van der Waals surface area (Å²) in [6.45, 7) is 9.97. The minimum Gasteiger partial charge on any atom is -0.271 e. The Kier molecular flexibility index (Phi) is 4.00. The summed E-state index contributed by atoms with van der Waals surface area (Å²) in [5.41, 5.74) is -0.450. The predicted molar refractivity (Wildman–Crippen MR) is 43.1 cm³/mol. The van der Waals surface area contributed by atoms with Gasteiger partial charge in [0.25, 0.3) is 0 Å². The maximum Gasteiger partial charge on any atom is 0.0735 e. The first-order chi connectivity index (χ1) is 4.84. The normalized spacial score (nSPS) is 13.1. The van der Waals surface area contributed by atoms with Crippen molar-refractivity contribution in [3.8, 4) is 0 Å². The minimum atomic E-state index is -0.450.